The SMILES string of the molecule is O=c1c2[nH]c3cccc(Cl)c3c2ncn1CCN1CCOCC1. The molecule has 120 valence electrons. The second-order valence-electron chi connectivity index (χ2n) is 5.71. The molecule has 1 aliphatic rings. The molecule has 1 saturated heterocycles. The number of rotatable bonds is 3. The van der Waals surface area contributed by atoms with E-state index < -0.39 is 0 Å². The van der Waals surface area contributed by atoms with Crippen molar-refractivity contribution in [3.05, 3.63) is 39.9 Å². The lowest BCUT2D eigenvalue weighted by Gasteiger charge is -2.26. The average molecular weight is 333 g/mol. The van der Waals surface area contributed by atoms with Crippen LogP contribution in [0.5, 0.6) is 0 Å². The van der Waals surface area contributed by atoms with Gasteiger partial charge in [-0.1, -0.05) is 17.7 Å². The van der Waals surface area contributed by atoms with Gasteiger partial charge in [0.2, 0.25) is 0 Å². The monoisotopic (exact) mass is 332 g/mol. The molecule has 0 spiro atoms. The summed E-state index contributed by atoms with van der Waals surface area (Å²) in [5.74, 6) is 0. The molecule has 4 rings (SSSR count). The van der Waals surface area contributed by atoms with Gasteiger partial charge in [0.15, 0.2) is 0 Å². The minimum Gasteiger partial charge on any atom is -0.379 e. The topological polar surface area (TPSA) is 63.2 Å². The first-order valence-corrected chi connectivity index (χ1v) is 8.07. The van der Waals surface area contributed by atoms with Crippen molar-refractivity contribution in [3.63, 3.8) is 0 Å². The Balaban J connectivity index is 1.69. The number of aromatic amines is 1. The quantitative estimate of drug-likeness (QED) is 0.795. The molecule has 3 heterocycles. The smallest absolute Gasteiger partial charge is 0.277 e. The summed E-state index contributed by atoms with van der Waals surface area (Å²) in [6, 6.07) is 5.57. The number of hydrogen-bond donors (Lipinski definition) is 1. The van der Waals surface area contributed by atoms with Gasteiger partial charge in [-0.15, -0.1) is 0 Å². The van der Waals surface area contributed by atoms with Crippen LogP contribution in [-0.2, 0) is 11.3 Å². The summed E-state index contributed by atoms with van der Waals surface area (Å²) in [6.07, 6.45) is 1.61. The summed E-state index contributed by atoms with van der Waals surface area (Å²) in [5, 5.41) is 1.41. The lowest BCUT2D eigenvalue weighted by Crippen LogP contribution is -2.39. The Labute approximate surface area is 137 Å². The lowest BCUT2D eigenvalue weighted by molar-refractivity contribution is 0.0362. The molecule has 1 fully saturated rings. The molecule has 0 saturated carbocycles. The van der Waals surface area contributed by atoms with Gasteiger partial charge >= 0.3 is 0 Å². The minimum absolute atomic E-state index is 0.0597. The van der Waals surface area contributed by atoms with Crippen LogP contribution in [0.25, 0.3) is 21.9 Å². The van der Waals surface area contributed by atoms with Crippen molar-refractivity contribution in [2.45, 2.75) is 6.54 Å². The van der Waals surface area contributed by atoms with E-state index in [1.807, 2.05) is 18.2 Å². The fourth-order valence-electron chi connectivity index (χ4n) is 3.03. The zero-order valence-corrected chi connectivity index (χ0v) is 13.3. The molecule has 0 atom stereocenters. The summed E-state index contributed by atoms with van der Waals surface area (Å²) in [4.78, 5) is 22.6. The first-order valence-electron chi connectivity index (χ1n) is 7.69. The second-order valence-corrected chi connectivity index (χ2v) is 6.12. The fourth-order valence-corrected chi connectivity index (χ4v) is 3.29. The third-order valence-electron chi connectivity index (χ3n) is 4.31. The van der Waals surface area contributed by atoms with Crippen molar-refractivity contribution < 1.29 is 4.74 Å². The Morgan fingerprint density at radius 2 is 2.09 bits per heavy atom. The number of nitrogens with one attached hydrogen (secondary N) is 1. The Morgan fingerprint density at radius 3 is 2.91 bits per heavy atom. The van der Waals surface area contributed by atoms with Gasteiger partial charge in [0.05, 0.1) is 24.6 Å². The van der Waals surface area contributed by atoms with Crippen LogP contribution >= 0.6 is 11.6 Å². The summed E-state index contributed by atoms with van der Waals surface area (Å²) in [5.41, 5.74) is 1.93. The average Bonchev–Trinajstić information content (AvgIpc) is 2.96. The molecule has 23 heavy (non-hydrogen) atoms. The zero-order valence-electron chi connectivity index (χ0n) is 12.6. The predicted molar refractivity (Wildman–Crippen MR) is 90.1 cm³/mol. The van der Waals surface area contributed by atoms with Crippen LogP contribution in [0.3, 0.4) is 0 Å². The molecular weight excluding hydrogens is 316 g/mol. The number of ether oxygens (including phenoxy) is 1. The number of fused-ring (bicyclic) bond motifs is 3. The number of morpholine rings is 1. The van der Waals surface area contributed by atoms with E-state index in [0.717, 1.165) is 43.8 Å². The molecule has 0 bridgehead atoms. The van der Waals surface area contributed by atoms with E-state index in [1.165, 1.54) is 0 Å². The molecule has 6 nitrogen and oxygen atoms in total. The van der Waals surface area contributed by atoms with Gasteiger partial charge in [0.25, 0.3) is 5.56 Å². The number of benzene rings is 1. The first-order chi connectivity index (χ1) is 11.2. The van der Waals surface area contributed by atoms with Gasteiger partial charge < -0.3 is 9.72 Å². The summed E-state index contributed by atoms with van der Waals surface area (Å²) < 4.78 is 6.99. The van der Waals surface area contributed by atoms with Crippen molar-refractivity contribution in [1.82, 2.24) is 19.4 Å². The van der Waals surface area contributed by atoms with Crippen LogP contribution in [0.1, 0.15) is 0 Å². The fraction of sp³-hybridized carbons (Fsp3) is 0.375. The maximum absolute atomic E-state index is 12.7. The number of H-pyrrole nitrogens is 1. The predicted octanol–water partition coefficient (Wildman–Crippen LogP) is 1.86. The Hall–Kier alpha value is -1.89. The van der Waals surface area contributed by atoms with Crippen LogP contribution in [0.15, 0.2) is 29.3 Å². The molecule has 1 aliphatic heterocycles. The molecule has 2 aromatic heterocycles. The number of nitrogens with zero attached hydrogens (tertiary/aromatic N) is 3. The van der Waals surface area contributed by atoms with E-state index in [1.54, 1.807) is 10.9 Å². The summed E-state index contributed by atoms with van der Waals surface area (Å²) in [7, 11) is 0. The maximum atomic E-state index is 12.7. The van der Waals surface area contributed by atoms with Crippen molar-refractivity contribution in [3.8, 4) is 0 Å². The highest BCUT2D eigenvalue weighted by Crippen LogP contribution is 2.28. The Morgan fingerprint density at radius 1 is 1.26 bits per heavy atom. The van der Waals surface area contributed by atoms with Crippen LogP contribution in [-0.4, -0.2) is 52.3 Å². The molecule has 7 heteroatoms. The molecule has 3 aromatic rings. The van der Waals surface area contributed by atoms with Gasteiger partial charge in [-0.3, -0.25) is 14.3 Å². The lowest BCUT2D eigenvalue weighted by atomic mass is 10.2. The third kappa shape index (κ3) is 2.63. The van der Waals surface area contributed by atoms with Crippen LogP contribution in [0, 0.1) is 0 Å². The van der Waals surface area contributed by atoms with Crippen LogP contribution in [0.2, 0.25) is 5.02 Å². The highest BCUT2D eigenvalue weighted by molar-refractivity contribution is 6.37. The van der Waals surface area contributed by atoms with Crippen LogP contribution < -0.4 is 5.56 Å². The van der Waals surface area contributed by atoms with Crippen molar-refractivity contribution in [1.29, 1.82) is 0 Å². The number of aromatic nitrogens is 3. The van der Waals surface area contributed by atoms with E-state index in [0.29, 0.717) is 22.6 Å². The molecule has 1 N–H and O–H groups in total. The molecule has 0 amide bonds. The van der Waals surface area contributed by atoms with Gasteiger partial charge in [-0.2, -0.15) is 0 Å². The van der Waals surface area contributed by atoms with Gasteiger partial charge in [0.1, 0.15) is 11.0 Å². The third-order valence-corrected chi connectivity index (χ3v) is 4.62. The highest BCUT2D eigenvalue weighted by Gasteiger charge is 2.14. The van der Waals surface area contributed by atoms with Crippen molar-refractivity contribution >= 4 is 33.5 Å². The Kier molecular flexibility index (Phi) is 3.80. The summed E-state index contributed by atoms with van der Waals surface area (Å²) >= 11 is 6.24. The minimum atomic E-state index is -0.0597. The maximum Gasteiger partial charge on any atom is 0.277 e. The highest BCUT2D eigenvalue weighted by atomic mass is 35.5. The van der Waals surface area contributed by atoms with E-state index in [2.05, 4.69) is 14.9 Å². The Bertz CT molecular complexity index is 911. The standard InChI is InChI=1S/C16H17ClN4O2/c17-11-2-1-3-12-13(11)14-15(19-12)16(22)21(10-18-14)5-4-20-6-8-23-9-7-20/h1-3,10,19H,4-9H2. The van der Waals surface area contributed by atoms with Gasteiger partial charge in [0, 0.05) is 37.1 Å². The zero-order chi connectivity index (χ0) is 15.8. The largest absolute Gasteiger partial charge is 0.379 e. The van der Waals surface area contributed by atoms with Crippen LogP contribution in [0.4, 0.5) is 0 Å². The molecule has 0 aliphatic carbocycles. The van der Waals surface area contributed by atoms with E-state index in [-0.39, 0.29) is 5.56 Å². The second kappa shape index (κ2) is 5.96. The normalized spacial score (nSPS) is 16.4. The van der Waals surface area contributed by atoms with Gasteiger partial charge in [-0.25, -0.2) is 4.98 Å². The van der Waals surface area contributed by atoms with Gasteiger partial charge in [-0.05, 0) is 12.1 Å². The number of halogens is 1. The number of hydrogen-bond acceptors (Lipinski definition) is 4. The van der Waals surface area contributed by atoms with Crippen molar-refractivity contribution in [2.75, 3.05) is 32.8 Å². The van der Waals surface area contributed by atoms with E-state index in [9.17, 15) is 4.79 Å². The van der Waals surface area contributed by atoms with E-state index in [4.69, 9.17) is 16.3 Å². The van der Waals surface area contributed by atoms with Crippen molar-refractivity contribution in [2.24, 2.45) is 0 Å². The first kappa shape index (κ1) is 14.7. The molecular formula is C16H17ClN4O2. The molecule has 0 radical (unpaired) electrons. The summed E-state index contributed by atoms with van der Waals surface area (Å²) in [6.45, 7) is 4.76. The van der Waals surface area contributed by atoms with E-state index >= 15 is 0 Å². The molecule has 1 aromatic carbocycles. The molecule has 0 unspecified atom stereocenters.